The normalized spacial score (nSPS) is 14.7. The Labute approximate surface area is 139 Å². The van der Waals surface area contributed by atoms with E-state index in [4.69, 9.17) is 4.52 Å². The number of urea groups is 1. The highest BCUT2D eigenvalue weighted by Crippen LogP contribution is 2.37. The maximum atomic E-state index is 12.0. The summed E-state index contributed by atoms with van der Waals surface area (Å²) in [6, 6.07) is 7.89. The molecule has 126 valence electrons. The average Bonchev–Trinajstić information content (AvgIpc) is 3.32. The first-order valence-corrected chi connectivity index (χ1v) is 7.84. The van der Waals surface area contributed by atoms with E-state index in [1.807, 2.05) is 18.2 Å². The van der Waals surface area contributed by atoms with E-state index in [1.165, 1.54) is 0 Å². The second-order valence-corrected chi connectivity index (χ2v) is 5.72. The van der Waals surface area contributed by atoms with Gasteiger partial charge in [0.15, 0.2) is 5.82 Å². The van der Waals surface area contributed by atoms with Gasteiger partial charge < -0.3 is 20.5 Å². The molecule has 1 heterocycles. The van der Waals surface area contributed by atoms with Gasteiger partial charge in [-0.3, -0.25) is 4.79 Å². The van der Waals surface area contributed by atoms with Gasteiger partial charge in [-0.15, -0.1) is 0 Å². The number of anilines is 1. The molecular formula is C16H19N5O3. The number of para-hydroxylation sites is 1. The predicted octanol–water partition coefficient (Wildman–Crippen LogP) is 1.77. The highest BCUT2D eigenvalue weighted by molar-refractivity contribution is 5.96. The molecule has 3 N–H and O–H groups in total. The van der Waals surface area contributed by atoms with Crippen molar-refractivity contribution in [3.63, 3.8) is 0 Å². The van der Waals surface area contributed by atoms with Gasteiger partial charge in [0.05, 0.1) is 6.54 Å². The first-order chi connectivity index (χ1) is 11.6. The molecular weight excluding hydrogens is 310 g/mol. The number of rotatable bonds is 6. The van der Waals surface area contributed by atoms with Crippen LogP contribution in [0.25, 0.3) is 0 Å². The van der Waals surface area contributed by atoms with Crippen LogP contribution in [0.5, 0.6) is 0 Å². The van der Waals surface area contributed by atoms with E-state index in [9.17, 15) is 9.59 Å². The Morgan fingerprint density at radius 3 is 2.75 bits per heavy atom. The van der Waals surface area contributed by atoms with Gasteiger partial charge in [0.2, 0.25) is 11.8 Å². The summed E-state index contributed by atoms with van der Waals surface area (Å²) in [5.41, 5.74) is 0.676. The monoisotopic (exact) mass is 329 g/mol. The van der Waals surface area contributed by atoms with Gasteiger partial charge in [-0.25, -0.2) is 4.79 Å². The molecule has 1 aromatic carbocycles. The summed E-state index contributed by atoms with van der Waals surface area (Å²) >= 11 is 0. The third-order valence-corrected chi connectivity index (χ3v) is 3.61. The molecule has 24 heavy (non-hydrogen) atoms. The van der Waals surface area contributed by atoms with Crippen molar-refractivity contribution in [2.45, 2.75) is 38.3 Å². The van der Waals surface area contributed by atoms with Crippen LogP contribution in [0, 0.1) is 0 Å². The molecule has 1 atom stereocenters. The molecule has 0 unspecified atom stereocenters. The number of nitrogens with one attached hydrogen (secondary N) is 3. The summed E-state index contributed by atoms with van der Waals surface area (Å²) in [4.78, 5) is 28.1. The minimum Gasteiger partial charge on any atom is -0.337 e. The number of hydrogen-bond donors (Lipinski definition) is 3. The molecule has 1 aliphatic rings. The summed E-state index contributed by atoms with van der Waals surface area (Å²) in [5.74, 6) is 1.15. The zero-order valence-electron chi connectivity index (χ0n) is 13.3. The summed E-state index contributed by atoms with van der Waals surface area (Å²) < 4.78 is 5.06. The third kappa shape index (κ3) is 4.31. The highest BCUT2D eigenvalue weighted by atomic mass is 16.5. The molecule has 3 rings (SSSR count). The second-order valence-electron chi connectivity index (χ2n) is 5.72. The Kier molecular flexibility index (Phi) is 4.74. The lowest BCUT2D eigenvalue weighted by molar-refractivity contribution is -0.117. The van der Waals surface area contributed by atoms with E-state index >= 15 is 0 Å². The standard InChI is InChI=1S/C16H19N5O3/c1-10(15(22)19-12-5-3-2-4-6-12)18-16(23)17-9-13-20-14(21-24-13)11-7-8-11/h2-6,10-11H,7-9H2,1H3,(H,19,22)(H2,17,18,23)/t10-/m1/s1. The lowest BCUT2D eigenvalue weighted by Gasteiger charge is -2.14. The van der Waals surface area contributed by atoms with E-state index in [2.05, 4.69) is 26.1 Å². The molecule has 3 amide bonds. The van der Waals surface area contributed by atoms with Crippen molar-refractivity contribution in [1.29, 1.82) is 0 Å². The van der Waals surface area contributed by atoms with E-state index < -0.39 is 12.1 Å². The molecule has 8 nitrogen and oxygen atoms in total. The molecule has 8 heteroatoms. The fourth-order valence-electron chi connectivity index (χ4n) is 2.09. The van der Waals surface area contributed by atoms with E-state index in [0.717, 1.165) is 12.8 Å². The van der Waals surface area contributed by atoms with Crippen LogP contribution in [0.3, 0.4) is 0 Å². The maximum Gasteiger partial charge on any atom is 0.315 e. The summed E-state index contributed by atoms with van der Waals surface area (Å²) in [7, 11) is 0. The largest absolute Gasteiger partial charge is 0.337 e. The van der Waals surface area contributed by atoms with Crippen LogP contribution < -0.4 is 16.0 Å². The Morgan fingerprint density at radius 2 is 2.04 bits per heavy atom. The Hall–Kier alpha value is -2.90. The minimum atomic E-state index is -0.685. The first-order valence-electron chi connectivity index (χ1n) is 7.84. The predicted molar refractivity (Wildman–Crippen MR) is 86.2 cm³/mol. The van der Waals surface area contributed by atoms with Crippen molar-refractivity contribution in [2.24, 2.45) is 0 Å². The van der Waals surface area contributed by atoms with Gasteiger partial charge in [0.25, 0.3) is 0 Å². The number of carbonyl (C=O) groups is 2. The lowest BCUT2D eigenvalue weighted by atomic mass is 10.2. The quantitative estimate of drug-likeness (QED) is 0.748. The molecule has 2 aromatic rings. The summed E-state index contributed by atoms with van der Waals surface area (Å²) in [6.07, 6.45) is 2.17. The summed E-state index contributed by atoms with van der Waals surface area (Å²) in [6.45, 7) is 1.73. The van der Waals surface area contributed by atoms with Crippen molar-refractivity contribution in [1.82, 2.24) is 20.8 Å². The van der Waals surface area contributed by atoms with E-state index in [-0.39, 0.29) is 12.5 Å². The SMILES string of the molecule is C[C@@H](NC(=O)NCc1nc(C2CC2)no1)C(=O)Nc1ccccc1. The number of aromatic nitrogens is 2. The topological polar surface area (TPSA) is 109 Å². The first kappa shape index (κ1) is 16.0. The second kappa shape index (κ2) is 7.12. The van der Waals surface area contributed by atoms with E-state index in [1.54, 1.807) is 19.1 Å². The zero-order valence-corrected chi connectivity index (χ0v) is 13.3. The molecule has 0 aliphatic heterocycles. The summed E-state index contributed by atoms with van der Waals surface area (Å²) in [5, 5.41) is 11.7. The van der Waals surface area contributed by atoms with Gasteiger partial charge in [0, 0.05) is 11.6 Å². The van der Waals surface area contributed by atoms with Gasteiger partial charge in [0.1, 0.15) is 6.04 Å². The van der Waals surface area contributed by atoms with Crippen molar-refractivity contribution >= 4 is 17.6 Å². The zero-order chi connectivity index (χ0) is 16.9. The molecule has 1 saturated carbocycles. The van der Waals surface area contributed by atoms with Crippen molar-refractivity contribution in [3.8, 4) is 0 Å². The Balaban J connectivity index is 1.42. The van der Waals surface area contributed by atoms with Crippen molar-refractivity contribution < 1.29 is 14.1 Å². The lowest BCUT2D eigenvalue weighted by Crippen LogP contribution is -2.46. The molecule has 1 fully saturated rings. The average molecular weight is 329 g/mol. The van der Waals surface area contributed by atoms with Crippen LogP contribution in [0.1, 0.15) is 37.4 Å². The number of nitrogens with zero attached hydrogens (tertiary/aromatic N) is 2. The number of hydrogen-bond acceptors (Lipinski definition) is 5. The van der Waals surface area contributed by atoms with Gasteiger partial charge >= 0.3 is 6.03 Å². The molecule has 1 aliphatic carbocycles. The fraction of sp³-hybridized carbons (Fsp3) is 0.375. The molecule has 0 bridgehead atoms. The smallest absolute Gasteiger partial charge is 0.315 e. The van der Waals surface area contributed by atoms with Gasteiger partial charge in [-0.1, -0.05) is 23.4 Å². The van der Waals surface area contributed by atoms with Crippen LogP contribution in [-0.4, -0.2) is 28.1 Å². The van der Waals surface area contributed by atoms with Crippen LogP contribution >= 0.6 is 0 Å². The van der Waals surface area contributed by atoms with Gasteiger partial charge in [-0.2, -0.15) is 4.98 Å². The maximum absolute atomic E-state index is 12.0. The molecule has 1 aromatic heterocycles. The van der Waals surface area contributed by atoms with E-state index in [0.29, 0.717) is 23.3 Å². The molecule has 0 spiro atoms. The minimum absolute atomic E-state index is 0.124. The van der Waals surface area contributed by atoms with Gasteiger partial charge in [-0.05, 0) is 31.9 Å². The fourth-order valence-corrected chi connectivity index (χ4v) is 2.09. The van der Waals surface area contributed by atoms with Crippen molar-refractivity contribution in [2.75, 3.05) is 5.32 Å². The number of benzene rings is 1. The third-order valence-electron chi connectivity index (χ3n) is 3.61. The molecule has 0 saturated heterocycles. The van der Waals surface area contributed by atoms with Crippen LogP contribution in [-0.2, 0) is 11.3 Å². The highest BCUT2D eigenvalue weighted by Gasteiger charge is 2.28. The van der Waals surface area contributed by atoms with Crippen LogP contribution in [0.4, 0.5) is 10.5 Å². The number of carbonyl (C=O) groups excluding carboxylic acids is 2. The van der Waals surface area contributed by atoms with Crippen LogP contribution in [0.2, 0.25) is 0 Å². The Morgan fingerprint density at radius 1 is 1.29 bits per heavy atom. The number of amides is 3. The Bertz CT molecular complexity index is 712. The molecule has 0 radical (unpaired) electrons. The van der Waals surface area contributed by atoms with Crippen molar-refractivity contribution in [3.05, 3.63) is 42.0 Å². The van der Waals surface area contributed by atoms with Crippen LogP contribution in [0.15, 0.2) is 34.9 Å².